The first-order valence-corrected chi connectivity index (χ1v) is 9.50. The van der Waals surface area contributed by atoms with E-state index in [9.17, 15) is 8.42 Å². The Hall–Kier alpha value is -2.06. The van der Waals surface area contributed by atoms with Crippen molar-refractivity contribution in [1.29, 1.82) is 0 Å². The standard InChI is InChI=1S/C16H19N3O4S/c20-24(21,15-1-2-16-12(9-15)3-8-23-16)18-13-10-17-19(11-13)14-4-6-22-7-5-14/h1-2,9-11,14,18H,3-8H2. The highest BCUT2D eigenvalue weighted by atomic mass is 32.2. The molecular weight excluding hydrogens is 330 g/mol. The van der Waals surface area contributed by atoms with Crippen LogP contribution in [0, 0.1) is 0 Å². The van der Waals surface area contributed by atoms with Gasteiger partial charge in [0.25, 0.3) is 10.0 Å². The molecule has 0 aliphatic carbocycles. The fourth-order valence-electron chi connectivity index (χ4n) is 3.08. The van der Waals surface area contributed by atoms with E-state index in [0.717, 1.165) is 30.6 Å². The van der Waals surface area contributed by atoms with Crippen molar-refractivity contribution in [2.75, 3.05) is 24.5 Å². The van der Waals surface area contributed by atoms with Crippen molar-refractivity contribution in [2.45, 2.75) is 30.2 Å². The predicted molar refractivity (Wildman–Crippen MR) is 87.8 cm³/mol. The molecule has 2 aromatic rings. The summed E-state index contributed by atoms with van der Waals surface area (Å²) >= 11 is 0. The van der Waals surface area contributed by atoms with Crippen LogP contribution in [0.3, 0.4) is 0 Å². The number of sulfonamides is 1. The molecule has 0 saturated carbocycles. The Balaban J connectivity index is 1.52. The van der Waals surface area contributed by atoms with Crippen LogP contribution in [0.2, 0.25) is 0 Å². The van der Waals surface area contributed by atoms with E-state index in [1.165, 1.54) is 0 Å². The number of nitrogens with one attached hydrogen (secondary N) is 1. The van der Waals surface area contributed by atoms with Crippen LogP contribution in [0.4, 0.5) is 5.69 Å². The second-order valence-electron chi connectivity index (χ2n) is 6.03. The minimum atomic E-state index is -3.64. The van der Waals surface area contributed by atoms with E-state index >= 15 is 0 Å². The highest BCUT2D eigenvalue weighted by molar-refractivity contribution is 7.92. The summed E-state index contributed by atoms with van der Waals surface area (Å²) in [7, 11) is -3.64. The summed E-state index contributed by atoms with van der Waals surface area (Å²) in [6.45, 7) is 2.02. The Bertz CT molecular complexity index is 841. The summed E-state index contributed by atoms with van der Waals surface area (Å²) in [5.41, 5.74) is 1.40. The van der Waals surface area contributed by atoms with Gasteiger partial charge in [-0.15, -0.1) is 0 Å². The zero-order chi connectivity index (χ0) is 16.6. The number of hydrogen-bond acceptors (Lipinski definition) is 5. The number of ether oxygens (including phenoxy) is 2. The maximum Gasteiger partial charge on any atom is 0.262 e. The minimum Gasteiger partial charge on any atom is -0.493 e. The lowest BCUT2D eigenvalue weighted by Crippen LogP contribution is -2.19. The van der Waals surface area contributed by atoms with Crippen molar-refractivity contribution in [3.05, 3.63) is 36.2 Å². The number of benzene rings is 1. The lowest BCUT2D eigenvalue weighted by molar-refractivity contribution is 0.0662. The molecule has 1 aromatic carbocycles. The van der Waals surface area contributed by atoms with Crippen molar-refractivity contribution in [1.82, 2.24) is 9.78 Å². The highest BCUT2D eigenvalue weighted by Gasteiger charge is 2.21. The van der Waals surface area contributed by atoms with Gasteiger partial charge in [-0.2, -0.15) is 5.10 Å². The number of fused-ring (bicyclic) bond motifs is 1. The predicted octanol–water partition coefficient (Wildman–Crippen LogP) is 1.97. The van der Waals surface area contributed by atoms with Crippen LogP contribution in [0.25, 0.3) is 0 Å². The third-order valence-electron chi connectivity index (χ3n) is 4.39. The largest absolute Gasteiger partial charge is 0.493 e. The number of hydrogen-bond donors (Lipinski definition) is 1. The second-order valence-corrected chi connectivity index (χ2v) is 7.71. The molecule has 128 valence electrons. The Labute approximate surface area is 140 Å². The maximum absolute atomic E-state index is 12.6. The number of rotatable bonds is 4. The van der Waals surface area contributed by atoms with Crippen molar-refractivity contribution in [2.24, 2.45) is 0 Å². The van der Waals surface area contributed by atoms with Gasteiger partial charge < -0.3 is 9.47 Å². The van der Waals surface area contributed by atoms with Gasteiger partial charge in [-0.3, -0.25) is 9.40 Å². The minimum absolute atomic E-state index is 0.241. The van der Waals surface area contributed by atoms with Gasteiger partial charge >= 0.3 is 0 Å². The zero-order valence-corrected chi connectivity index (χ0v) is 14.0. The first-order chi connectivity index (χ1) is 11.6. The first kappa shape index (κ1) is 15.5. The molecule has 2 aliphatic heterocycles. The Morgan fingerprint density at radius 2 is 2.04 bits per heavy atom. The monoisotopic (exact) mass is 349 g/mol. The summed E-state index contributed by atoms with van der Waals surface area (Å²) in [5.74, 6) is 0.765. The first-order valence-electron chi connectivity index (χ1n) is 8.02. The van der Waals surface area contributed by atoms with E-state index in [0.29, 0.717) is 25.5 Å². The smallest absolute Gasteiger partial charge is 0.262 e. The van der Waals surface area contributed by atoms with E-state index in [1.54, 1.807) is 30.6 Å². The molecule has 1 aromatic heterocycles. The number of nitrogens with zero attached hydrogens (tertiary/aromatic N) is 2. The Kier molecular flexibility index (Phi) is 3.93. The van der Waals surface area contributed by atoms with Gasteiger partial charge in [0.05, 0.1) is 29.4 Å². The topological polar surface area (TPSA) is 82.5 Å². The molecule has 3 heterocycles. The molecule has 0 amide bonds. The average Bonchev–Trinajstić information content (AvgIpc) is 3.23. The van der Waals surface area contributed by atoms with Crippen LogP contribution < -0.4 is 9.46 Å². The molecule has 7 nitrogen and oxygen atoms in total. The molecule has 8 heteroatoms. The molecule has 1 N–H and O–H groups in total. The SMILES string of the molecule is O=S(=O)(Nc1cnn(C2CCOCC2)c1)c1ccc2c(c1)CCO2. The third-order valence-corrected chi connectivity index (χ3v) is 5.77. The normalized spacial score (nSPS) is 18.2. The summed E-state index contributed by atoms with van der Waals surface area (Å²) in [6, 6.07) is 5.21. The van der Waals surface area contributed by atoms with Gasteiger partial charge in [0.15, 0.2) is 0 Å². The lowest BCUT2D eigenvalue weighted by atomic mass is 10.1. The Morgan fingerprint density at radius 3 is 2.88 bits per heavy atom. The molecule has 0 radical (unpaired) electrons. The van der Waals surface area contributed by atoms with E-state index in [4.69, 9.17) is 9.47 Å². The van der Waals surface area contributed by atoms with E-state index in [-0.39, 0.29) is 10.9 Å². The third kappa shape index (κ3) is 2.99. The van der Waals surface area contributed by atoms with Gasteiger partial charge in [-0.1, -0.05) is 0 Å². The van der Waals surface area contributed by atoms with Gasteiger partial charge in [0.1, 0.15) is 5.75 Å². The fourth-order valence-corrected chi connectivity index (χ4v) is 4.16. The van der Waals surface area contributed by atoms with E-state index in [1.807, 2.05) is 4.68 Å². The molecule has 0 atom stereocenters. The van der Waals surface area contributed by atoms with Crippen LogP contribution in [0.5, 0.6) is 5.75 Å². The van der Waals surface area contributed by atoms with Crippen LogP contribution in [-0.2, 0) is 21.2 Å². The molecular formula is C16H19N3O4S. The molecule has 0 spiro atoms. The van der Waals surface area contributed by atoms with E-state index < -0.39 is 10.0 Å². The van der Waals surface area contributed by atoms with Crippen molar-refractivity contribution in [3.8, 4) is 5.75 Å². The maximum atomic E-state index is 12.6. The summed E-state index contributed by atoms with van der Waals surface area (Å²) in [6.07, 6.45) is 5.80. The van der Waals surface area contributed by atoms with Crippen LogP contribution in [0.1, 0.15) is 24.4 Å². The fraction of sp³-hybridized carbons (Fsp3) is 0.438. The average molecular weight is 349 g/mol. The second kappa shape index (κ2) is 6.10. The summed E-state index contributed by atoms with van der Waals surface area (Å²) in [5, 5.41) is 4.29. The summed E-state index contributed by atoms with van der Waals surface area (Å²) in [4.78, 5) is 0.241. The number of anilines is 1. The van der Waals surface area contributed by atoms with Crippen LogP contribution in [-0.4, -0.2) is 38.0 Å². The molecule has 0 bridgehead atoms. The molecule has 24 heavy (non-hydrogen) atoms. The van der Waals surface area contributed by atoms with Crippen molar-refractivity contribution >= 4 is 15.7 Å². The highest BCUT2D eigenvalue weighted by Crippen LogP contribution is 2.28. The van der Waals surface area contributed by atoms with Crippen LogP contribution >= 0.6 is 0 Å². The lowest BCUT2D eigenvalue weighted by Gasteiger charge is -2.22. The molecule has 2 aliphatic rings. The van der Waals surface area contributed by atoms with Crippen molar-refractivity contribution in [3.63, 3.8) is 0 Å². The summed E-state index contributed by atoms with van der Waals surface area (Å²) < 4.78 is 40.3. The van der Waals surface area contributed by atoms with E-state index in [2.05, 4.69) is 9.82 Å². The van der Waals surface area contributed by atoms with Gasteiger partial charge in [-0.25, -0.2) is 8.42 Å². The van der Waals surface area contributed by atoms with Gasteiger partial charge in [0, 0.05) is 25.8 Å². The number of aromatic nitrogens is 2. The van der Waals surface area contributed by atoms with Crippen molar-refractivity contribution < 1.29 is 17.9 Å². The molecule has 1 fully saturated rings. The van der Waals surface area contributed by atoms with Gasteiger partial charge in [-0.05, 0) is 36.6 Å². The quantitative estimate of drug-likeness (QED) is 0.912. The Morgan fingerprint density at radius 1 is 1.21 bits per heavy atom. The molecule has 0 unspecified atom stereocenters. The van der Waals surface area contributed by atoms with Crippen LogP contribution in [0.15, 0.2) is 35.5 Å². The van der Waals surface area contributed by atoms with Gasteiger partial charge in [0.2, 0.25) is 0 Å². The molecule has 1 saturated heterocycles. The molecule has 4 rings (SSSR count). The zero-order valence-electron chi connectivity index (χ0n) is 13.1.